The molecule has 2 amide bonds. The Morgan fingerprint density at radius 2 is 1.72 bits per heavy atom. The number of terminal acetylenes is 1. The van der Waals surface area contributed by atoms with Crippen LogP contribution in [0.15, 0.2) is 48.5 Å². The van der Waals surface area contributed by atoms with E-state index < -0.39 is 31.5 Å². The number of amides is 2. The highest BCUT2D eigenvalue weighted by atomic mass is 28.4. The molecule has 1 aliphatic rings. The molecule has 1 N–H and O–H groups in total. The molecule has 1 aliphatic heterocycles. The Bertz CT molecular complexity index is 1770. The second-order valence-corrected chi connectivity index (χ2v) is 21.0. The van der Waals surface area contributed by atoms with Crippen molar-refractivity contribution in [3.05, 3.63) is 82.3 Å². The minimum atomic E-state index is -2.32. The number of ether oxygens (including phenoxy) is 2. The van der Waals surface area contributed by atoms with Gasteiger partial charge < -0.3 is 24.1 Å². The molecule has 3 aromatic rings. The molecular formula is C40H52FN3O5Si. The SMILES string of the molecule is C#CCOc1ccc(C[C@H](NC(=O)OC(C)(C)C)C(=O)N2CC(C)(C)c3nc(O[Si](C)(C)C(C)(C)C)c(Cc4ccc(F)cc4)cc32)c(C)c1. The van der Waals surface area contributed by atoms with Crippen LogP contribution in [-0.2, 0) is 27.8 Å². The van der Waals surface area contributed by atoms with Gasteiger partial charge in [0.25, 0.3) is 8.32 Å². The Balaban J connectivity index is 1.79. The van der Waals surface area contributed by atoms with Gasteiger partial charge in [-0.25, -0.2) is 14.2 Å². The standard InChI is InChI=1S/C40H52FN3O5Si/c1-13-20-47-31-19-16-28(26(2)21-31)23-32(42-37(46)48-38(3,4)5)36(45)44-25-40(9,10)34-33(44)24-29(22-27-14-17-30(41)18-15-27)35(43-34)49-50(11,12)39(6,7)8/h1,14-19,21,24,32H,20,22-23,25H2,2-12H3,(H,42,46)/t32-/m0/s1. The summed E-state index contributed by atoms with van der Waals surface area (Å²) in [5.41, 5.74) is 3.55. The van der Waals surface area contributed by atoms with Crippen LogP contribution in [0.25, 0.3) is 0 Å². The van der Waals surface area contributed by atoms with Crippen molar-refractivity contribution >= 4 is 26.0 Å². The number of carbonyl (C=O) groups excluding carboxylic acids is 2. The zero-order valence-corrected chi connectivity index (χ0v) is 32.4. The second kappa shape index (κ2) is 14.5. The van der Waals surface area contributed by atoms with E-state index in [-0.39, 0.29) is 29.8 Å². The summed E-state index contributed by atoms with van der Waals surface area (Å²) in [6.45, 7) is 22.7. The quantitative estimate of drug-likeness (QED) is 0.169. The van der Waals surface area contributed by atoms with Crippen molar-refractivity contribution in [3.63, 3.8) is 0 Å². The zero-order valence-electron chi connectivity index (χ0n) is 31.4. The molecular weight excluding hydrogens is 650 g/mol. The molecule has 4 rings (SSSR count). The molecule has 0 saturated heterocycles. The smallest absolute Gasteiger partial charge is 0.408 e. The average molecular weight is 702 g/mol. The number of carbonyl (C=O) groups is 2. The van der Waals surface area contributed by atoms with Gasteiger partial charge in [-0.3, -0.25) is 4.79 Å². The Morgan fingerprint density at radius 1 is 1.06 bits per heavy atom. The van der Waals surface area contributed by atoms with Crippen LogP contribution in [0.3, 0.4) is 0 Å². The minimum Gasteiger partial charge on any atom is -0.530 e. The number of pyridine rings is 1. The number of benzene rings is 2. The molecule has 0 unspecified atom stereocenters. The van der Waals surface area contributed by atoms with E-state index >= 15 is 0 Å². The molecule has 1 aromatic heterocycles. The first-order valence-electron chi connectivity index (χ1n) is 17.0. The maximum absolute atomic E-state index is 14.7. The van der Waals surface area contributed by atoms with Crippen LogP contribution in [0.5, 0.6) is 11.6 Å². The number of aryl methyl sites for hydroxylation is 1. The van der Waals surface area contributed by atoms with E-state index in [1.807, 2.05) is 25.1 Å². The maximum atomic E-state index is 14.7. The van der Waals surface area contributed by atoms with Crippen molar-refractivity contribution in [2.24, 2.45) is 0 Å². The van der Waals surface area contributed by atoms with E-state index in [9.17, 15) is 14.0 Å². The van der Waals surface area contributed by atoms with Gasteiger partial charge >= 0.3 is 6.09 Å². The zero-order chi connectivity index (χ0) is 37.2. The summed E-state index contributed by atoms with van der Waals surface area (Å²) < 4.78 is 31.9. The number of aromatic nitrogens is 1. The van der Waals surface area contributed by atoms with Gasteiger partial charge in [0, 0.05) is 30.4 Å². The molecule has 0 bridgehead atoms. The molecule has 0 radical (unpaired) electrons. The third-order valence-electron chi connectivity index (χ3n) is 9.31. The van der Waals surface area contributed by atoms with E-state index in [2.05, 4.69) is 58.9 Å². The number of alkyl carbamates (subject to hydrolysis) is 1. The summed E-state index contributed by atoms with van der Waals surface area (Å²) >= 11 is 0. The molecule has 2 aromatic carbocycles. The number of hydrogen-bond donors (Lipinski definition) is 1. The number of anilines is 1. The lowest BCUT2D eigenvalue weighted by Gasteiger charge is -2.36. The lowest BCUT2D eigenvalue weighted by molar-refractivity contribution is -0.120. The summed E-state index contributed by atoms with van der Waals surface area (Å²) in [5, 5.41) is 2.79. The molecule has 268 valence electrons. The summed E-state index contributed by atoms with van der Waals surface area (Å²) in [4.78, 5) is 34.7. The van der Waals surface area contributed by atoms with Crippen LogP contribution in [0.1, 0.15) is 83.3 Å². The van der Waals surface area contributed by atoms with Crippen LogP contribution in [0.2, 0.25) is 18.1 Å². The number of fused-ring (bicyclic) bond motifs is 1. The first-order chi connectivity index (χ1) is 23.1. The number of rotatable bonds is 10. The number of nitrogens with zero attached hydrogens (tertiary/aromatic N) is 2. The van der Waals surface area contributed by atoms with E-state index in [0.717, 1.165) is 27.9 Å². The lowest BCUT2D eigenvalue weighted by atomic mass is 9.91. The van der Waals surface area contributed by atoms with Gasteiger partial charge in [0.05, 0.1) is 11.4 Å². The molecule has 50 heavy (non-hydrogen) atoms. The highest BCUT2D eigenvalue weighted by molar-refractivity contribution is 6.74. The second-order valence-electron chi connectivity index (χ2n) is 16.3. The van der Waals surface area contributed by atoms with Crippen molar-refractivity contribution in [3.8, 4) is 24.0 Å². The Kier molecular flexibility index (Phi) is 11.1. The highest BCUT2D eigenvalue weighted by Crippen LogP contribution is 2.44. The van der Waals surface area contributed by atoms with Gasteiger partial charge in [0.15, 0.2) is 0 Å². The van der Waals surface area contributed by atoms with Crippen molar-refractivity contribution < 1.29 is 27.9 Å². The van der Waals surface area contributed by atoms with Crippen molar-refractivity contribution in [2.45, 2.75) is 110 Å². The molecule has 0 fully saturated rings. The minimum absolute atomic E-state index is 0.0807. The largest absolute Gasteiger partial charge is 0.530 e. The summed E-state index contributed by atoms with van der Waals surface area (Å²) in [6.07, 6.45) is 5.32. The number of halogens is 1. The fraction of sp³-hybridized carbons (Fsp3) is 0.475. The molecule has 2 heterocycles. The maximum Gasteiger partial charge on any atom is 0.408 e. The summed E-state index contributed by atoms with van der Waals surface area (Å²) in [7, 11) is -2.32. The third-order valence-corrected chi connectivity index (χ3v) is 13.6. The summed E-state index contributed by atoms with van der Waals surface area (Å²) in [6, 6.07) is 12.9. The van der Waals surface area contributed by atoms with Gasteiger partial charge in [-0.1, -0.05) is 58.7 Å². The predicted molar refractivity (Wildman–Crippen MR) is 199 cm³/mol. The van der Waals surface area contributed by atoms with Crippen LogP contribution >= 0.6 is 0 Å². The van der Waals surface area contributed by atoms with Crippen molar-refractivity contribution in [1.29, 1.82) is 0 Å². The first-order valence-corrected chi connectivity index (χ1v) is 20.0. The van der Waals surface area contributed by atoms with Gasteiger partial charge in [0.1, 0.15) is 29.8 Å². The molecule has 8 nitrogen and oxygen atoms in total. The number of nitrogens with one attached hydrogen (secondary N) is 1. The third kappa shape index (κ3) is 9.24. The normalized spacial score (nSPS) is 14.7. The van der Waals surface area contributed by atoms with Crippen LogP contribution in [-0.4, -0.2) is 50.1 Å². The van der Waals surface area contributed by atoms with Crippen LogP contribution < -0.4 is 19.4 Å². The Morgan fingerprint density at radius 3 is 2.30 bits per heavy atom. The topological polar surface area (TPSA) is 90.0 Å². The Hall–Kier alpha value is -4.36. The van der Waals surface area contributed by atoms with Crippen LogP contribution in [0.4, 0.5) is 14.9 Å². The lowest BCUT2D eigenvalue weighted by Crippen LogP contribution is -2.51. The molecule has 10 heteroatoms. The summed E-state index contributed by atoms with van der Waals surface area (Å²) in [5.74, 6) is 3.02. The fourth-order valence-corrected chi connectivity index (χ4v) is 6.55. The number of hydrogen-bond acceptors (Lipinski definition) is 6. The predicted octanol–water partition coefficient (Wildman–Crippen LogP) is 8.28. The van der Waals surface area contributed by atoms with Gasteiger partial charge in [-0.15, -0.1) is 6.42 Å². The van der Waals surface area contributed by atoms with Crippen molar-refractivity contribution in [1.82, 2.24) is 10.3 Å². The van der Waals surface area contributed by atoms with E-state index in [4.69, 9.17) is 25.3 Å². The van der Waals surface area contributed by atoms with E-state index in [0.29, 0.717) is 30.3 Å². The van der Waals surface area contributed by atoms with Gasteiger partial charge in [0.2, 0.25) is 11.8 Å². The average Bonchev–Trinajstić information content (AvgIpc) is 3.25. The monoisotopic (exact) mass is 701 g/mol. The molecule has 0 spiro atoms. The van der Waals surface area contributed by atoms with E-state index in [1.54, 1.807) is 43.9 Å². The molecule has 0 saturated carbocycles. The fourth-order valence-electron chi connectivity index (χ4n) is 5.58. The van der Waals surface area contributed by atoms with Crippen LogP contribution in [0, 0.1) is 25.1 Å². The Labute approximate surface area is 298 Å². The van der Waals surface area contributed by atoms with E-state index in [1.165, 1.54) is 12.1 Å². The molecule has 1 atom stereocenters. The van der Waals surface area contributed by atoms with Gasteiger partial charge in [-0.05, 0) is 92.8 Å². The highest BCUT2D eigenvalue weighted by Gasteiger charge is 2.45. The van der Waals surface area contributed by atoms with Crippen molar-refractivity contribution in [2.75, 3.05) is 18.1 Å². The first kappa shape index (κ1) is 38.4. The molecule has 0 aliphatic carbocycles. The van der Waals surface area contributed by atoms with Gasteiger partial charge in [-0.2, -0.15) is 0 Å².